The third-order valence-corrected chi connectivity index (χ3v) is 3.57. The first-order valence-corrected chi connectivity index (χ1v) is 7.17. The minimum absolute atomic E-state index is 0.833. The SMILES string of the molecule is CCCNCc1nnc(Cc2cccc(C)c2)s1. The van der Waals surface area contributed by atoms with Crippen LogP contribution in [0.15, 0.2) is 24.3 Å². The minimum Gasteiger partial charge on any atom is -0.310 e. The van der Waals surface area contributed by atoms with Gasteiger partial charge in [0.25, 0.3) is 0 Å². The zero-order chi connectivity index (χ0) is 12.8. The van der Waals surface area contributed by atoms with Crippen molar-refractivity contribution in [2.75, 3.05) is 6.54 Å². The molecule has 1 aromatic carbocycles. The first kappa shape index (κ1) is 13.2. The fraction of sp³-hybridized carbons (Fsp3) is 0.429. The molecule has 0 amide bonds. The van der Waals surface area contributed by atoms with Gasteiger partial charge in [-0.2, -0.15) is 0 Å². The largest absolute Gasteiger partial charge is 0.310 e. The second-order valence-electron chi connectivity index (χ2n) is 4.43. The molecule has 0 bridgehead atoms. The normalized spacial score (nSPS) is 10.8. The fourth-order valence-corrected chi connectivity index (χ4v) is 2.65. The van der Waals surface area contributed by atoms with E-state index in [1.807, 2.05) is 0 Å². The Kier molecular flexibility index (Phi) is 4.84. The molecule has 0 aliphatic heterocycles. The van der Waals surface area contributed by atoms with E-state index in [0.717, 1.165) is 35.9 Å². The van der Waals surface area contributed by atoms with E-state index in [4.69, 9.17) is 0 Å². The minimum atomic E-state index is 0.833. The average molecular weight is 261 g/mol. The lowest BCUT2D eigenvalue weighted by Crippen LogP contribution is -2.13. The van der Waals surface area contributed by atoms with Gasteiger partial charge in [-0.25, -0.2) is 0 Å². The van der Waals surface area contributed by atoms with Crippen molar-refractivity contribution in [2.45, 2.75) is 33.2 Å². The van der Waals surface area contributed by atoms with Crippen LogP contribution in [0.2, 0.25) is 0 Å². The molecule has 2 aromatic rings. The first-order chi connectivity index (χ1) is 8.78. The van der Waals surface area contributed by atoms with Crippen molar-refractivity contribution < 1.29 is 0 Å². The van der Waals surface area contributed by atoms with Crippen molar-refractivity contribution in [1.82, 2.24) is 15.5 Å². The van der Waals surface area contributed by atoms with Gasteiger partial charge in [-0.05, 0) is 25.5 Å². The van der Waals surface area contributed by atoms with E-state index in [0.29, 0.717) is 0 Å². The van der Waals surface area contributed by atoms with Crippen LogP contribution in [0.1, 0.15) is 34.5 Å². The molecule has 0 unspecified atom stereocenters. The number of hydrogen-bond donors (Lipinski definition) is 1. The van der Waals surface area contributed by atoms with Crippen LogP contribution in [0.5, 0.6) is 0 Å². The Balaban J connectivity index is 1.94. The van der Waals surface area contributed by atoms with Crippen LogP contribution in [0.4, 0.5) is 0 Å². The molecule has 0 atom stereocenters. The van der Waals surface area contributed by atoms with Crippen LogP contribution in [0.25, 0.3) is 0 Å². The highest BCUT2D eigenvalue weighted by Gasteiger charge is 2.04. The summed E-state index contributed by atoms with van der Waals surface area (Å²) < 4.78 is 0. The zero-order valence-electron chi connectivity index (χ0n) is 10.9. The van der Waals surface area contributed by atoms with Gasteiger partial charge in [0.1, 0.15) is 10.0 Å². The number of rotatable bonds is 6. The van der Waals surface area contributed by atoms with Gasteiger partial charge in [0.2, 0.25) is 0 Å². The highest BCUT2D eigenvalue weighted by molar-refractivity contribution is 7.11. The Hall–Kier alpha value is -1.26. The van der Waals surface area contributed by atoms with Crippen LogP contribution >= 0.6 is 11.3 Å². The molecular weight excluding hydrogens is 242 g/mol. The third kappa shape index (κ3) is 3.89. The summed E-state index contributed by atoms with van der Waals surface area (Å²) in [5, 5.41) is 14.0. The number of nitrogens with one attached hydrogen (secondary N) is 1. The highest BCUT2D eigenvalue weighted by Crippen LogP contribution is 2.15. The Bertz CT molecular complexity index is 493. The van der Waals surface area contributed by atoms with Crippen molar-refractivity contribution in [2.24, 2.45) is 0 Å². The Morgan fingerprint density at radius 1 is 1.22 bits per heavy atom. The lowest BCUT2D eigenvalue weighted by molar-refractivity contribution is 0.668. The van der Waals surface area contributed by atoms with E-state index in [1.165, 1.54) is 11.1 Å². The van der Waals surface area contributed by atoms with E-state index < -0.39 is 0 Å². The van der Waals surface area contributed by atoms with Gasteiger partial charge in [-0.3, -0.25) is 0 Å². The highest BCUT2D eigenvalue weighted by atomic mass is 32.1. The van der Waals surface area contributed by atoms with Crippen LogP contribution in [-0.4, -0.2) is 16.7 Å². The molecule has 3 nitrogen and oxygen atoms in total. The Labute approximate surface area is 112 Å². The topological polar surface area (TPSA) is 37.8 Å². The summed E-state index contributed by atoms with van der Waals surface area (Å²) in [6, 6.07) is 8.55. The van der Waals surface area contributed by atoms with Crippen LogP contribution in [0.3, 0.4) is 0 Å². The van der Waals surface area contributed by atoms with Gasteiger partial charge in [0, 0.05) is 13.0 Å². The monoisotopic (exact) mass is 261 g/mol. The number of benzene rings is 1. The number of hydrogen-bond acceptors (Lipinski definition) is 4. The van der Waals surface area contributed by atoms with E-state index in [1.54, 1.807) is 11.3 Å². The molecule has 0 aliphatic rings. The molecule has 0 fully saturated rings. The fourth-order valence-electron chi connectivity index (χ4n) is 1.80. The lowest BCUT2D eigenvalue weighted by Gasteiger charge is -1.99. The molecule has 0 saturated carbocycles. The maximum atomic E-state index is 4.25. The van der Waals surface area contributed by atoms with Gasteiger partial charge in [-0.1, -0.05) is 48.1 Å². The van der Waals surface area contributed by atoms with Gasteiger partial charge >= 0.3 is 0 Å². The van der Waals surface area contributed by atoms with Crippen molar-refractivity contribution in [3.63, 3.8) is 0 Å². The molecule has 4 heteroatoms. The first-order valence-electron chi connectivity index (χ1n) is 6.35. The number of nitrogens with zero attached hydrogens (tertiary/aromatic N) is 2. The van der Waals surface area contributed by atoms with Crippen LogP contribution in [-0.2, 0) is 13.0 Å². The molecule has 18 heavy (non-hydrogen) atoms. The van der Waals surface area contributed by atoms with Crippen LogP contribution in [0, 0.1) is 6.92 Å². The second-order valence-corrected chi connectivity index (χ2v) is 5.58. The summed E-state index contributed by atoms with van der Waals surface area (Å²) in [6.45, 7) is 6.14. The summed E-state index contributed by atoms with van der Waals surface area (Å²) in [6.07, 6.45) is 2.03. The van der Waals surface area contributed by atoms with Gasteiger partial charge in [-0.15, -0.1) is 10.2 Å². The van der Waals surface area contributed by atoms with Gasteiger partial charge < -0.3 is 5.32 Å². The molecule has 0 spiro atoms. The maximum Gasteiger partial charge on any atom is 0.131 e. The maximum absolute atomic E-state index is 4.25. The molecule has 0 aliphatic carbocycles. The second kappa shape index (κ2) is 6.61. The molecular formula is C14H19N3S. The zero-order valence-corrected chi connectivity index (χ0v) is 11.8. The van der Waals surface area contributed by atoms with Gasteiger partial charge in [0.05, 0.1) is 0 Å². The molecule has 1 aromatic heterocycles. The van der Waals surface area contributed by atoms with Gasteiger partial charge in [0.15, 0.2) is 0 Å². The lowest BCUT2D eigenvalue weighted by atomic mass is 10.1. The van der Waals surface area contributed by atoms with E-state index in [-0.39, 0.29) is 0 Å². The predicted octanol–water partition coefficient (Wildman–Crippen LogP) is 2.94. The standard InChI is InChI=1S/C14H19N3S/c1-3-7-15-10-14-17-16-13(18-14)9-12-6-4-5-11(2)8-12/h4-6,8,15H,3,7,9-10H2,1-2H3. The van der Waals surface area contributed by atoms with E-state index in [2.05, 4.69) is 53.6 Å². The molecule has 96 valence electrons. The van der Waals surface area contributed by atoms with Crippen molar-refractivity contribution in [3.8, 4) is 0 Å². The van der Waals surface area contributed by atoms with E-state index >= 15 is 0 Å². The number of aryl methyl sites for hydroxylation is 1. The smallest absolute Gasteiger partial charge is 0.131 e. The Morgan fingerprint density at radius 3 is 2.83 bits per heavy atom. The summed E-state index contributed by atoms with van der Waals surface area (Å²) in [5.41, 5.74) is 2.60. The van der Waals surface area contributed by atoms with Crippen LogP contribution < -0.4 is 5.32 Å². The average Bonchev–Trinajstić information content (AvgIpc) is 2.77. The Morgan fingerprint density at radius 2 is 2.06 bits per heavy atom. The molecule has 2 rings (SSSR count). The number of aromatic nitrogens is 2. The van der Waals surface area contributed by atoms with Crippen molar-refractivity contribution in [3.05, 3.63) is 45.4 Å². The molecule has 0 saturated heterocycles. The van der Waals surface area contributed by atoms with E-state index in [9.17, 15) is 0 Å². The molecule has 1 N–H and O–H groups in total. The van der Waals surface area contributed by atoms with Crippen molar-refractivity contribution >= 4 is 11.3 Å². The quantitative estimate of drug-likeness (QED) is 0.812. The molecule has 1 heterocycles. The predicted molar refractivity (Wildman–Crippen MR) is 75.9 cm³/mol. The summed E-state index contributed by atoms with van der Waals surface area (Å²) in [5.74, 6) is 0. The summed E-state index contributed by atoms with van der Waals surface area (Å²) in [4.78, 5) is 0. The van der Waals surface area contributed by atoms with Crippen molar-refractivity contribution in [1.29, 1.82) is 0 Å². The third-order valence-electron chi connectivity index (χ3n) is 2.65. The molecule has 0 radical (unpaired) electrons. The summed E-state index contributed by atoms with van der Waals surface area (Å²) in [7, 11) is 0. The summed E-state index contributed by atoms with van der Waals surface area (Å²) >= 11 is 1.70.